The molecule has 19 heavy (non-hydrogen) atoms. The number of unbranched alkanes of at least 4 members (excludes halogenated alkanes) is 7. The summed E-state index contributed by atoms with van der Waals surface area (Å²) in [7, 11) is 0. The van der Waals surface area contributed by atoms with Crippen LogP contribution in [0.5, 0.6) is 0 Å². The first-order valence-electron chi connectivity index (χ1n) is 7.90. The first-order chi connectivity index (χ1) is 9.33. The number of rotatable bonds is 11. The molecule has 0 aliphatic rings. The van der Waals surface area contributed by atoms with Crippen molar-refractivity contribution in [1.82, 2.24) is 4.98 Å². The molecule has 1 rings (SSSR count). The molecule has 1 aromatic heterocycles. The summed E-state index contributed by atoms with van der Waals surface area (Å²) < 4.78 is 0. The van der Waals surface area contributed by atoms with E-state index in [4.69, 9.17) is 0 Å². The van der Waals surface area contributed by atoms with Crippen molar-refractivity contribution >= 4 is 0 Å². The molecule has 0 saturated carbocycles. The molecule has 108 valence electrons. The number of aliphatic hydroxyl groups excluding tert-OH is 1. The minimum Gasteiger partial charge on any atom is -0.393 e. The van der Waals surface area contributed by atoms with Crippen LogP contribution >= 0.6 is 0 Å². The second-order valence-corrected chi connectivity index (χ2v) is 5.48. The third kappa shape index (κ3) is 8.77. The Kier molecular flexibility index (Phi) is 9.34. The van der Waals surface area contributed by atoms with Gasteiger partial charge in [-0.2, -0.15) is 0 Å². The Labute approximate surface area is 118 Å². The van der Waals surface area contributed by atoms with Crippen LogP contribution in [0.1, 0.15) is 70.3 Å². The van der Waals surface area contributed by atoms with E-state index in [2.05, 4.69) is 11.9 Å². The maximum atomic E-state index is 9.95. The quantitative estimate of drug-likeness (QED) is 0.596. The van der Waals surface area contributed by atoms with Gasteiger partial charge in [-0.15, -0.1) is 0 Å². The molecular weight excluding hydrogens is 234 g/mol. The summed E-state index contributed by atoms with van der Waals surface area (Å²) in [6.45, 7) is 2.25. The summed E-state index contributed by atoms with van der Waals surface area (Å²) >= 11 is 0. The van der Waals surface area contributed by atoms with Crippen molar-refractivity contribution in [3.8, 4) is 0 Å². The van der Waals surface area contributed by atoms with E-state index < -0.39 is 0 Å². The summed E-state index contributed by atoms with van der Waals surface area (Å²) in [6.07, 6.45) is 15.7. The molecule has 0 saturated heterocycles. The molecule has 0 fully saturated rings. The van der Waals surface area contributed by atoms with Crippen LogP contribution in [0.2, 0.25) is 0 Å². The highest BCUT2D eigenvalue weighted by Gasteiger charge is 2.04. The van der Waals surface area contributed by atoms with Gasteiger partial charge in [0.2, 0.25) is 0 Å². The maximum Gasteiger partial charge on any atom is 0.0580 e. The van der Waals surface area contributed by atoms with Crippen LogP contribution in [0.4, 0.5) is 0 Å². The average Bonchev–Trinajstić information content (AvgIpc) is 2.43. The standard InChI is InChI=1S/C17H29NO/c1-2-3-4-5-6-7-8-9-10-17(19)15-16-11-13-18-14-12-16/h11-14,17,19H,2-10,15H2,1H3. The van der Waals surface area contributed by atoms with Gasteiger partial charge >= 0.3 is 0 Å². The Bertz CT molecular complexity index is 299. The number of hydrogen-bond donors (Lipinski definition) is 1. The molecule has 0 spiro atoms. The maximum absolute atomic E-state index is 9.95. The summed E-state index contributed by atoms with van der Waals surface area (Å²) in [5.74, 6) is 0. The van der Waals surface area contributed by atoms with E-state index >= 15 is 0 Å². The SMILES string of the molecule is CCCCCCCCCCC(O)Cc1ccncc1. The average molecular weight is 263 g/mol. The fraction of sp³-hybridized carbons (Fsp3) is 0.706. The zero-order chi connectivity index (χ0) is 13.8. The van der Waals surface area contributed by atoms with Gasteiger partial charge in [0, 0.05) is 12.4 Å². The highest BCUT2D eigenvalue weighted by molar-refractivity contribution is 5.10. The van der Waals surface area contributed by atoms with Gasteiger partial charge in [-0.1, -0.05) is 58.3 Å². The normalized spacial score (nSPS) is 12.5. The monoisotopic (exact) mass is 263 g/mol. The van der Waals surface area contributed by atoms with Crippen LogP contribution in [0, 0.1) is 0 Å². The van der Waals surface area contributed by atoms with Crippen molar-refractivity contribution < 1.29 is 5.11 Å². The lowest BCUT2D eigenvalue weighted by Gasteiger charge is -2.10. The van der Waals surface area contributed by atoms with E-state index in [0.717, 1.165) is 19.3 Å². The van der Waals surface area contributed by atoms with Gasteiger partial charge in [0.1, 0.15) is 0 Å². The molecule has 0 amide bonds. The van der Waals surface area contributed by atoms with Crippen molar-refractivity contribution in [1.29, 1.82) is 0 Å². The molecule has 0 radical (unpaired) electrons. The van der Waals surface area contributed by atoms with Crippen molar-refractivity contribution in [3.05, 3.63) is 30.1 Å². The predicted octanol–water partition coefficient (Wildman–Crippen LogP) is 4.52. The molecule has 0 bridgehead atoms. The first-order valence-corrected chi connectivity index (χ1v) is 7.90. The summed E-state index contributed by atoms with van der Waals surface area (Å²) in [6, 6.07) is 3.97. The minimum absolute atomic E-state index is 0.192. The molecule has 1 aromatic rings. The fourth-order valence-corrected chi connectivity index (χ4v) is 2.41. The molecule has 1 heterocycles. The third-order valence-electron chi connectivity index (χ3n) is 3.61. The van der Waals surface area contributed by atoms with Gasteiger partial charge in [-0.25, -0.2) is 0 Å². The van der Waals surface area contributed by atoms with Crippen LogP contribution < -0.4 is 0 Å². The lowest BCUT2D eigenvalue weighted by atomic mass is 10.0. The molecule has 2 nitrogen and oxygen atoms in total. The Hall–Kier alpha value is -0.890. The van der Waals surface area contributed by atoms with Gasteiger partial charge in [0.15, 0.2) is 0 Å². The molecule has 1 N–H and O–H groups in total. The lowest BCUT2D eigenvalue weighted by molar-refractivity contribution is 0.161. The Morgan fingerprint density at radius 1 is 0.947 bits per heavy atom. The molecule has 0 aliphatic heterocycles. The lowest BCUT2D eigenvalue weighted by Crippen LogP contribution is -2.10. The largest absolute Gasteiger partial charge is 0.393 e. The number of aromatic nitrogens is 1. The first kappa shape index (κ1) is 16.2. The van der Waals surface area contributed by atoms with Crippen LogP contribution in [0.25, 0.3) is 0 Å². The van der Waals surface area contributed by atoms with E-state index in [0.29, 0.717) is 0 Å². The van der Waals surface area contributed by atoms with Gasteiger partial charge in [-0.3, -0.25) is 4.98 Å². The number of aliphatic hydroxyl groups is 1. The van der Waals surface area contributed by atoms with Crippen molar-refractivity contribution in [2.45, 2.75) is 77.2 Å². The zero-order valence-electron chi connectivity index (χ0n) is 12.4. The molecule has 2 heteroatoms. The highest BCUT2D eigenvalue weighted by Crippen LogP contribution is 2.12. The van der Waals surface area contributed by atoms with Crippen molar-refractivity contribution in [2.24, 2.45) is 0 Å². The highest BCUT2D eigenvalue weighted by atomic mass is 16.3. The van der Waals surface area contributed by atoms with Gasteiger partial charge in [-0.05, 0) is 30.5 Å². The third-order valence-corrected chi connectivity index (χ3v) is 3.61. The smallest absolute Gasteiger partial charge is 0.0580 e. The van der Waals surface area contributed by atoms with Crippen molar-refractivity contribution in [3.63, 3.8) is 0 Å². The molecule has 1 atom stereocenters. The van der Waals surface area contributed by atoms with Gasteiger partial charge < -0.3 is 5.11 Å². The number of hydrogen-bond acceptors (Lipinski definition) is 2. The second kappa shape index (κ2) is 11.0. The predicted molar refractivity (Wildman–Crippen MR) is 81.2 cm³/mol. The Balaban J connectivity index is 1.94. The van der Waals surface area contributed by atoms with Gasteiger partial charge in [0.25, 0.3) is 0 Å². The van der Waals surface area contributed by atoms with Crippen LogP contribution in [-0.4, -0.2) is 16.2 Å². The van der Waals surface area contributed by atoms with E-state index in [9.17, 15) is 5.11 Å². The molecule has 0 aromatic carbocycles. The molecule has 0 aliphatic carbocycles. The number of nitrogens with zero attached hydrogens (tertiary/aromatic N) is 1. The summed E-state index contributed by atoms with van der Waals surface area (Å²) in [5, 5.41) is 9.95. The van der Waals surface area contributed by atoms with E-state index in [1.54, 1.807) is 12.4 Å². The molecular formula is C17H29NO. The fourth-order valence-electron chi connectivity index (χ4n) is 2.41. The van der Waals surface area contributed by atoms with Crippen LogP contribution in [0.15, 0.2) is 24.5 Å². The Morgan fingerprint density at radius 3 is 2.16 bits per heavy atom. The van der Waals surface area contributed by atoms with Crippen LogP contribution in [-0.2, 0) is 6.42 Å². The van der Waals surface area contributed by atoms with E-state index in [-0.39, 0.29) is 6.10 Å². The van der Waals surface area contributed by atoms with E-state index in [1.807, 2.05) is 12.1 Å². The zero-order valence-corrected chi connectivity index (χ0v) is 12.4. The summed E-state index contributed by atoms with van der Waals surface area (Å²) in [4.78, 5) is 3.99. The second-order valence-electron chi connectivity index (χ2n) is 5.48. The topological polar surface area (TPSA) is 33.1 Å². The number of pyridine rings is 1. The van der Waals surface area contributed by atoms with Crippen LogP contribution in [0.3, 0.4) is 0 Å². The van der Waals surface area contributed by atoms with Crippen molar-refractivity contribution in [2.75, 3.05) is 0 Å². The minimum atomic E-state index is -0.192. The Morgan fingerprint density at radius 2 is 1.53 bits per heavy atom. The molecule has 1 unspecified atom stereocenters. The summed E-state index contributed by atoms with van der Waals surface area (Å²) in [5.41, 5.74) is 1.18. The van der Waals surface area contributed by atoms with E-state index in [1.165, 1.54) is 50.5 Å². The van der Waals surface area contributed by atoms with Gasteiger partial charge in [0.05, 0.1) is 6.10 Å².